The van der Waals surface area contributed by atoms with Gasteiger partial charge in [-0.15, -0.1) is 0 Å². The molecule has 0 unspecified atom stereocenters. The van der Waals surface area contributed by atoms with E-state index in [2.05, 4.69) is 4.90 Å². The molecule has 7 heteroatoms. The fourth-order valence-corrected chi connectivity index (χ4v) is 3.07. The minimum atomic E-state index is -2.99. The number of carboxylic acids is 1. The third kappa shape index (κ3) is 5.88. The van der Waals surface area contributed by atoms with Crippen molar-refractivity contribution in [3.05, 3.63) is 0 Å². The average Bonchev–Trinajstić information content (AvgIpc) is 2.51. The number of aliphatic carboxylic acids is 1. The maximum atomic E-state index is 11.8. The lowest BCUT2D eigenvalue weighted by Gasteiger charge is -2.21. The normalized spacial score (nSPS) is 19.5. The molecule has 1 saturated heterocycles. The van der Waals surface area contributed by atoms with Gasteiger partial charge in [0, 0.05) is 26.2 Å². The number of sulfone groups is 1. The fourth-order valence-electron chi connectivity index (χ4n) is 2.09. The van der Waals surface area contributed by atoms with Crippen LogP contribution >= 0.6 is 0 Å². The van der Waals surface area contributed by atoms with Gasteiger partial charge < -0.3 is 10.0 Å². The highest BCUT2D eigenvalue weighted by Gasteiger charge is 2.20. The zero-order valence-corrected chi connectivity index (χ0v) is 12.5. The van der Waals surface area contributed by atoms with Crippen LogP contribution < -0.4 is 0 Å². The van der Waals surface area contributed by atoms with Crippen LogP contribution in [0, 0.1) is 0 Å². The molecule has 0 aliphatic carbocycles. The number of carboxylic acid groups (broad SMARTS) is 1. The molecule has 0 aromatic heterocycles. The molecule has 1 heterocycles. The van der Waals surface area contributed by atoms with Gasteiger partial charge in [-0.25, -0.2) is 8.42 Å². The largest absolute Gasteiger partial charge is 0.480 e. The average molecular weight is 292 g/mol. The first-order valence-corrected chi connectivity index (χ1v) is 8.41. The summed E-state index contributed by atoms with van der Waals surface area (Å²) >= 11 is 0. The molecule has 0 aromatic carbocycles. The van der Waals surface area contributed by atoms with E-state index in [0.717, 1.165) is 26.1 Å². The molecule has 1 aliphatic heterocycles. The molecule has 6 nitrogen and oxygen atoms in total. The van der Waals surface area contributed by atoms with Gasteiger partial charge in [0.25, 0.3) is 0 Å². The van der Waals surface area contributed by atoms with Gasteiger partial charge in [-0.05, 0) is 26.8 Å². The lowest BCUT2D eigenvalue weighted by molar-refractivity contribution is -0.138. The first-order valence-electron chi connectivity index (χ1n) is 6.69. The summed E-state index contributed by atoms with van der Waals surface area (Å²) in [6, 6.07) is 0. The maximum Gasteiger partial charge on any atom is 0.317 e. The van der Waals surface area contributed by atoms with Crippen LogP contribution in [0.4, 0.5) is 0 Å². The van der Waals surface area contributed by atoms with E-state index >= 15 is 0 Å². The van der Waals surface area contributed by atoms with Crippen molar-refractivity contribution in [3.63, 3.8) is 0 Å². The Balaban J connectivity index is 2.39. The molecular weight excluding hydrogens is 268 g/mol. The molecular formula is C12H24N2O4S. The SMILES string of the molecule is CC(C)S(=O)(=O)CCN1CCCN(CC(=O)O)CC1. The second-order valence-corrected chi connectivity index (χ2v) is 7.96. The lowest BCUT2D eigenvalue weighted by Crippen LogP contribution is -2.36. The molecule has 0 saturated carbocycles. The Morgan fingerprint density at radius 1 is 1.16 bits per heavy atom. The van der Waals surface area contributed by atoms with Crippen molar-refractivity contribution in [1.82, 2.24) is 9.80 Å². The van der Waals surface area contributed by atoms with Gasteiger partial charge in [-0.1, -0.05) is 0 Å². The highest BCUT2D eigenvalue weighted by atomic mass is 32.2. The highest BCUT2D eigenvalue weighted by molar-refractivity contribution is 7.92. The van der Waals surface area contributed by atoms with Crippen LogP contribution in [-0.4, -0.2) is 79.6 Å². The van der Waals surface area contributed by atoms with Crippen LogP contribution in [0.2, 0.25) is 0 Å². The predicted octanol–water partition coefficient (Wildman–Crippen LogP) is -0.0981. The summed E-state index contributed by atoms with van der Waals surface area (Å²) in [5, 5.41) is 8.43. The molecule has 1 aliphatic rings. The summed E-state index contributed by atoms with van der Waals surface area (Å²) in [7, 11) is -2.99. The van der Waals surface area contributed by atoms with Gasteiger partial charge in [0.15, 0.2) is 9.84 Å². The first kappa shape index (κ1) is 16.4. The van der Waals surface area contributed by atoms with E-state index < -0.39 is 15.8 Å². The molecule has 19 heavy (non-hydrogen) atoms. The minimum Gasteiger partial charge on any atom is -0.480 e. The second kappa shape index (κ2) is 7.21. The maximum absolute atomic E-state index is 11.8. The van der Waals surface area contributed by atoms with Crippen LogP contribution in [0.3, 0.4) is 0 Å². The Morgan fingerprint density at radius 2 is 1.74 bits per heavy atom. The monoisotopic (exact) mass is 292 g/mol. The van der Waals surface area contributed by atoms with Crippen LogP contribution in [0.25, 0.3) is 0 Å². The van der Waals surface area contributed by atoms with Crippen LogP contribution in [0.5, 0.6) is 0 Å². The summed E-state index contributed by atoms with van der Waals surface area (Å²) in [5.74, 6) is -0.625. The van der Waals surface area contributed by atoms with E-state index in [0.29, 0.717) is 13.1 Å². The Hall–Kier alpha value is -0.660. The summed E-state index contributed by atoms with van der Waals surface area (Å²) in [4.78, 5) is 14.7. The van der Waals surface area contributed by atoms with Gasteiger partial charge >= 0.3 is 5.97 Å². The van der Waals surface area contributed by atoms with Crippen LogP contribution in [0.1, 0.15) is 20.3 Å². The van der Waals surface area contributed by atoms with Crippen molar-refractivity contribution in [1.29, 1.82) is 0 Å². The van der Waals surface area contributed by atoms with Crippen molar-refractivity contribution in [2.24, 2.45) is 0 Å². The third-order valence-electron chi connectivity index (χ3n) is 3.45. The molecule has 0 amide bonds. The molecule has 1 fully saturated rings. The number of hydrogen-bond acceptors (Lipinski definition) is 5. The zero-order chi connectivity index (χ0) is 14.5. The third-order valence-corrected chi connectivity index (χ3v) is 5.64. The van der Waals surface area contributed by atoms with E-state index in [1.807, 2.05) is 4.90 Å². The molecule has 0 atom stereocenters. The first-order chi connectivity index (χ1) is 8.81. The quantitative estimate of drug-likeness (QED) is 0.737. The Bertz CT molecular complexity index is 395. The van der Waals surface area contributed by atoms with E-state index in [4.69, 9.17) is 5.11 Å². The van der Waals surface area contributed by atoms with Gasteiger partial charge in [0.1, 0.15) is 0 Å². The van der Waals surface area contributed by atoms with Gasteiger partial charge in [-0.2, -0.15) is 0 Å². The summed E-state index contributed by atoms with van der Waals surface area (Å²) in [5.41, 5.74) is 0. The van der Waals surface area contributed by atoms with Crippen LogP contribution in [0.15, 0.2) is 0 Å². The summed E-state index contributed by atoms with van der Waals surface area (Å²) in [6.07, 6.45) is 0.884. The van der Waals surface area contributed by atoms with E-state index in [1.54, 1.807) is 13.8 Å². The number of nitrogens with zero attached hydrogens (tertiary/aromatic N) is 2. The molecule has 0 radical (unpaired) electrons. The Kier molecular flexibility index (Phi) is 6.22. The topological polar surface area (TPSA) is 77.9 Å². The highest BCUT2D eigenvalue weighted by Crippen LogP contribution is 2.06. The van der Waals surface area contributed by atoms with Gasteiger partial charge in [0.2, 0.25) is 0 Å². The van der Waals surface area contributed by atoms with E-state index in [9.17, 15) is 13.2 Å². The lowest BCUT2D eigenvalue weighted by atomic mass is 10.4. The van der Waals surface area contributed by atoms with Crippen molar-refractivity contribution < 1.29 is 18.3 Å². The van der Waals surface area contributed by atoms with Crippen molar-refractivity contribution >= 4 is 15.8 Å². The van der Waals surface area contributed by atoms with Crippen molar-refractivity contribution in [2.75, 3.05) is 45.0 Å². The second-order valence-electron chi connectivity index (χ2n) is 5.28. The molecule has 112 valence electrons. The molecule has 0 aromatic rings. The Labute approximate surface area is 115 Å². The Morgan fingerprint density at radius 3 is 2.32 bits per heavy atom. The molecule has 0 spiro atoms. The standard InChI is InChI=1S/C12H24N2O4S/c1-11(2)19(17,18)9-8-13-4-3-5-14(7-6-13)10-12(15)16/h11H,3-10H2,1-2H3,(H,15,16). The number of carbonyl (C=O) groups is 1. The predicted molar refractivity (Wildman–Crippen MR) is 74.1 cm³/mol. The smallest absolute Gasteiger partial charge is 0.317 e. The minimum absolute atomic E-state index is 0.0676. The molecule has 1 N–H and O–H groups in total. The van der Waals surface area contributed by atoms with Gasteiger partial charge in [0.05, 0.1) is 17.5 Å². The van der Waals surface area contributed by atoms with E-state index in [1.165, 1.54) is 0 Å². The number of hydrogen-bond donors (Lipinski definition) is 1. The van der Waals surface area contributed by atoms with Crippen molar-refractivity contribution in [2.45, 2.75) is 25.5 Å². The van der Waals surface area contributed by atoms with Crippen LogP contribution in [-0.2, 0) is 14.6 Å². The zero-order valence-electron chi connectivity index (χ0n) is 11.7. The molecule has 0 bridgehead atoms. The number of rotatable bonds is 6. The van der Waals surface area contributed by atoms with Gasteiger partial charge in [-0.3, -0.25) is 9.69 Å². The van der Waals surface area contributed by atoms with E-state index in [-0.39, 0.29) is 17.5 Å². The summed E-state index contributed by atoms with van der Waals surface area (Å²) in [6.45, 7) is 7.04. The molecule has 1 rings (SSSR count). The fraction of sp³-hybridized carbons (Fsp3) is 0.917. The van der Waals surface area contributed by atoms with Crippen molar-refractivity contribution in [3.8, 4) is 0 Å². The summed E-state index contributed by atoms with van der Waals surface area (Å²) < 4.78 is 23.5.